The molecule has 26 nitrogen and oxygen atoms in total. The van der Waals surface area contributed by atoms with Crippen molar-refractivity contribution in [2.75, 3.05) is 13.1 Å². The summed E-state index contributed by atoms with van der Waals surface area (Å²) in [6.07, 6.45) is 0.0717. The van der Waals surface area contributed by atoms with Crippen LogP contribution in [0.1, 0.15) is 101 Å². The number of nitrogens with zero attached hydrogens (tertiary/aromatic N) is 1. The van der Waals surface area contributed by atoms with Crippen LogP contribution in [-0.4, -0.2) is 154 Å². The van der Waals surface area contributed by atoms with Crippen LogP contribution in [0.2, 0.25) is 0 Å². The van der Waals surface area contributed by atoms with E-state index in [-0.39, 0.29) is 70.4 Å². The maximum Gasteiger partial charge on any atom is 0.246 e. The molecular formula is C68H88N14O12. The van der Waals surface area contributed by atoms with Gasteiger partial charge in [-0.3, -0.25) is 57.5 Å². The first kappa shape index (κ1) is 71.5. The minimum atomic E-state index is -1.84. The van der Waals surface area contributed by atoms with E-state index in [0.29, 0.717) is 39.6 Å². The third kappa shape index (κ3) is 20.8. The molecule has 0 saturated carbocycles. The highest BCUT2D eigenvalue weighted by Gasteiger charge is 2.42. The summed E-state index contributed by atoms with van der Waals surface area (Å²) in [5, 5.41) is 25.2. The van der Waals surface area contributed by atoms with Gasteiger partial charge in [-0.15, -0.1) is 0 Å². The normalized spacial score (nSPS) is 23.8. The van der Waals surface area contributed by atoms with Crippen LogP contribution in [0.4, 0.5) is 0 Å². The molecule has 26 heteroatoms. The number of amides is 12. The molecule has 94 heavy (non-hydrogen) atoms. The van der Waals surface area contributed by atoms with Gasteiger partial charge in [0.15, 0.2) is 0 Å². The number of primary amides is 2. The number of H-pyrrole nitrogens is 1. The number of aromatic nitrogens is 1. The summed E-state index contributed by atoms with van der Waals surface area (Å²) in [7, 11) is 0. The number of hydrogen-bond donors (Lipinski definition) is 13. The highest BCUT2D eigenvalue weighted by molar-refractivity contribution is 6.01. The maximum atomic E-state index is 15.2. The van der Waals surface area contributed by atoms with Gasteiger partial charge in [-0.1, -0.05) is 137 Å². The quantitative estimate of drug-likeness (QED) is 0.0533. The summed E-state index contributed by atoms with van der Waals surface area (Å²) in [6.45, 7) is 7.14. The third-order valence-corrected chi connectivity index (χ3v) is 16.6. The molecule has 0 spiro atoms. The van der Waals surface area contributed by atoms with Gasteiger partial charge >= 0.3 is 0 Å². The van der Waals surface area contributed by atoms with Crippen LogP contribution >= 0.6 is 0 Å². The molecule has 3 heterocycles. The SMILES string of the molecule is CC(C)CC1NC(=O)C(CCCN)NC(=O)C(C(C)C)NC(=O)C(Cc2c[nH]c3ccccc23)NC(=O)C(CCC(N)=O)NC(=O)C(CC(N)=O)NC(=O)C(Cc2ccccc2)NC(=O)C(Cc2ccccc2)NC(=O)C2CCCN2C(=O)C(Cc2ccccc2)NC1=O. The lowest BCUT2D eigenvalue weighted by molar-refractivity contribution is -0.142. The minimum Gasteiger partial charge on any atom is -0.370 e. The summed E-state index contributed by atoms with van der Waals surface area (Å²) in [5.74, 6) is -11.4. The Labute approximate surface area is 545 Å². The van der Waals surface area contributed by atoms with Crippen LogP contribution in [0.25, 0.3) is 10.9 Å². The average molecular weight is 1290 g/mol. The van der Waals surface area contributed by atoms with Crippen LogP contribution < -0.4 is 65.1 Å². The summed E-state index contributed by atoms with van der Waals surface area (Å²) >= 11 is 0. The number of aromatic amines is 1. The number of benzene rings is 4. The van der Waals surface area contributed by atoms with Gasteiger partial charge in [0, 0.05) is 55.7 Å². The van der Waals surface area contributed by atoms with Gasteiger partial charge in [0.2, 0.25) is 70.9 Å². The van der Waals surface area contributed by atoms with Gasteiger partial charge in [0.25, 0.3) is 0 Å². The second-order valence-electron chi connectivity index (χ2n) is 24.8. The van der Waals surface area contributed by atoms with Crippen LogP contribution in [0, 0.1) is 11.8 Å². The molecule has 2 fully saturated rings. The van der Waals surface area contributed by atoms with Crippen LogP contribution in [0.3, 0.4) is 0 Å². The van der Waals surface area contributed by atoms with Gasteiger partial charge in [0.1, 0.15) is 60.4 Å². The van der Waals surface area contributed by atoms with Crippen molar-refractivity contribution in [3.63, 3.8) is 0 Å². The smallest absolute Gasteiger partial charge is 0.246 e. The Morgan fingerprint density at radius 2 is 0.915 bits per heavy atom. The van der Waals surface area contributed by atoms with Gasteiger partial charge < -0.3 is 74.9 Å². The predicted octanol–water partition coefficient (Wildman–Crippen LogP) is 0.388. The molecule has 4 aromatic carbocycles. The Bertz CT molecular complexity index is 3480. The fourth-order valence-corrected chi connectivity index (χ4v) is 11.6. The molecule has 10 unspecified atom stereocenters. The highest BCUT2D eigenvalue weighted by Crippen LogP contribution is 2.23. The number of fused-ring (bicyclic) bond motifs is 2. The second kappa shape index (κ2) is 34.6. The molecule has 16 N–H and O–H groups in total. The van der Waals surface area contributed by atoms with E-state index >= 15 is 4.79 Å². The van der Waals surface area contributed by atoms with E-state index in [0.717, 1.165) is 0 Å². The van der Waals surface area contributed by atoms with E-state index in [1.165, 1.54) is 4.90 Å². The molecule has 2 aliphatic heterocycles. The zero-order chi connectivity index (χ0) is 68.0. The first-order valence-electron chi connectivity index (χ1n) is 32.0. The van der Waals surface area contributed by atoms with Crippen molar-refractivity contribution < 1.29 is 57.5 Å². The van der Waals surface area contributed by atoms with E-state index < -0.39 is 156 Å². The van der Waals surface area contributed by atoms with Crippen molar-refractivity contribution in [1.29, 1.82) is 0 Å². The van der Waals surface area contributed by atoms with E-state index in [9.17, 15) is 52.7 Å². The number of rotatable bonds is 19. The summed E-state index contributed by atoms with van der Waals surface area (Å²) in [6, 6.07) is 18.7. The molecule has 2 aliphatic rings. The number of carbonyl (C=O) groups is 12. The van der Waals surface area contributed by atoms with Gasteiger partial charge in [0.05, 0.1) is 6.42 Å². The zero-order valence-corrected chi connectivity index (χ0v) is 53.5. The Kier molecular flexibility index (Phi) is 26.3. The number of hydrogen-bond acceptors (Lipinski definition) is 13. The van der Waals surface area contributed by atoms with Gasteiger partial charge in [-0.05, 0) is 85.2 Å². The Morgan fingerprint density at radius 3 is 1.46 bits per heavy atom. The van der Waals surface area contributed by atoms with Crippen molar-refractivity contribution in [3.8, 4) is 0 Å². The maximum absolute atomic E-state index is 15.2. The Morgan fingerprint density at radius 1 is 0.479 bits per heavy atom. The lowest BCUT2D eigenvalue weighted by atomic mass is 9.98. The predicted molar refractivity (Wildman–Crippen MR) is 349 cm³/mol. The van der Waals surface area contributed by atoms with E-state index in [4.69, 9.17) is 17.2 Å². The fourth-order valence-electron chi connectivity index (χ4n) is 11.6. The average Bonchev–Trinajstić information content (AvgIpc) is 1.63. The standard InChI is InChI=1S/C68H88N14O12/c1-39(2)32-49-61(87)80-54(35-43-22-12-7-13-23-43)68(94)82-31-17-27-55(82)66(92)79-51(34-42-20-10-6-11-21-42)63(89)76-50(33-41-18-8-5-9-19-41)62(88)78-53(37-57(71)84)64(90)73-48(28-29-56(70)83)60(86)77-52(36-44-38-72-46-25-15-14-24-45(44)46)65(91)81-58(40(3)4)67(93)74-47(26-16-30-69)59(85)75-49/h5-15,18-25,38-40,47-55,58,72H,16-17,26-37,69H2,1-4H3,(H2,70,83)(H2,71,84)(H,73,90)(H,74,93)(H,75,85)(H,76,89)(H,77,86)(H,78,88)(H,79,92)(H,80,87)(H,81,91). The van der Waals surface area contributed by atoms with Crippen molar-refractivity contribution in [2.24, 2.45) is 29.0 Å². The molecule has 0 radical (unpaired) electrons. The number of para-hydroxylation sites is 1. The summed E-state index contributed by atoms with van der Waals surface area (Å²) in [5.41, 5.74) is 20.3. The van der Waals surface area contributed by atoms with Crippen molar-refractivity contribution in [1.82, 2.24) is 57.7 Å². The first-order chi connectivity index (χ1) is 45.0. The fraction of sp³-hybridized carbons (Fsp3) is 0.441. The van der Waals surface area contributed by atoms with Crippen LogP contribution in [0.5, 0.6) is 0 Å². The van der Waals surface area contributed by atoms with Gasteiger partial charge in [-0.2, -0.15) is 0 Å². The monoisotopic (exact) mass is 1290 g/mol. The molecule has 0 bridgehead atoms. The Hall–Kier alpha value is -9.98. The van der Waals surface area contributed by atoms with Crippen molar-refractivity contribution in [3.05, 3.63) is 144 Å². The molecule has 7 rings (SSSR count). The minimum absolute atomic E-state index is 0.0137. The topological polar surface area (TPSA) is 410 Å². The van der Waals surface area contributed by atoms with Crippen LogP contribution in [0.15, 0.2) is 121 Å². The zero-order valence-electron chi connectivity index (χ0n) is 53.5. The molecule has 2 saturated heterocycles. The molecule has 1 aromatic heterocycles. The first-order valence-corrected chi connectivity index (χ1v) is 32.0. The van der Waals surface area contributed by atoms with E-state index in [2.05, 4.69) is 52.8 Å². The Balaban J connectivity index is 1.32. The molecule has 12 amide bonds. The number of nitrogens with two attached hydrogens (primary N) is 3. The van der Waals surface area contributed by atoms with Crippen LogP contribution in [-0.2, 0) is 83.2 Å². The van der Waals surface area contributed by atoms with E-state index in [1.807, 2.05) is 13.8 Å². The van der Waals surface area contributed by atoms with Crippen molar-refractivity contribution in [2.45, 2.75) is 165 Å². The second-order valence-corrected chi connectivity index (χ2v) is 24.8. The summed E-state index contributed by atoms with van der Waals surface area (Å²) in [4.78, 5) is 178. The third-order valence-electron chi connectivity index (χ3n) is 16.6. The molecule has 502 valence electrons. The largest absolute Gasteiger partial charge is 0.370 e. The van der Waals surface area contributed by atoms with E-state index in [1.54, 1.807) is 135 Å². The highest BCUT2D eigenvalue weighted by atomic mass is 16.2. The molecule has 10 atom stereocenters. The van der Waals surface area contributed by atoms with Crippen molar-refractivity contribution >= 4 is 81.8 Å². The lowest BCUT2D eigenvalue weighted by Gasteiger charge is -2.32. The molecular weight excluding hydrogens is 1200 g/mol. The number of nitrogens with one attached hydrogen (secondary N) is 10. The molecule has 5 aromatic rings. The summed E-state index contributed by atoms with van der Waals surface area (Å²) < 4.78 is 0. The van der Waals surface area contributed by atoms with Gasteiger partial charge in [-0.25, -0.2) is 0 Å². The number of carbonyl (C=O) groups excluding carboxylic acids is 12. The molecule has 0 aliphatic carbocycles. The lowest BCUT2D eigenvalue weighted by Crippen LogP contribution is -2.62.